The third-order valence-electron chi connectivity index (χ3n) is 3.71. The van der Waals surface area contributed by atoms with Crippen LogP contribution in [0.15, 0.2) is 48.5 Å². The van der Waals surface area contributed by atoms with Crippen LogP contribution >= 0.6 is 0 Å². The summed E-state index contributed by atoms with van der Waals surface area (Å²) >= 11 is 0. The van der Waals surface area contributed by atoms with Crippen molar-refractivity contribution in [3.05, 3.63) is 65.7 Å². The lowest BCUT2D eigenvalue weighted by Crippen LogP contribution is -2.27. The molecule has 2 N–H and O–H groups in total. The average Bonchev–Trinajstić information content (AvgIpc) is 2.92. The first kappa shape index (κ1) is 13.1. The number of nitrogens with one attached hydrogen (secondary N) is 2. The number of halogens is 2. The summed E-state index contributed by atoms with van der Waals surface area (Å²) in [5.74, 6) is -1.32. The fourth-order valence-corrected chi connectivity index (χ4v) is 2.68. The third kappa shape index (κ3) is 2.65. The van der Waals surface area contributed by atoms with E-state index in [1.165, 1.54) is 11.6 Å². The van der Waals surface area contributed by atoms with Crippen LogP contribution in [0.2, 0.25) is 0 Å². The first-order chi connectivity index (χ1) is 9.74. The van der Waals surface area contributed by atoms with E-state index in [9.17, 15) is 8.78 Å². The zero-order chi connectivity index (χ0) is 13.9. The summed E-state index contributed by atoms with van der Waals surface area (Å²) < 4.78 is 26.2. The van der Waals surface area contributed by atoms with Crippen molar-refractivity contribution >= 4 is 5.69 Å². The van der Waals surface area contributed by atoms with Gasteiger partial charge in [-0.3, -0.25) is 0 Å². The summed E-state index contributed by atoms with van der Waals surface area (Å²) in [5.41, 5.74) is 1.86. The van der Waals surface area contributed by atoms with Gasteiger partial charge in [-0.1, -0.05) is 30.3 Å². The van der Waals surface area contributed by atoms with Crippen molar-refractivity contribution < 1.29 is 8.78 Å². The van der Waals surface area contributed by atoms with E-state index in [0.717, 1.165) is 19.2 Å². The quantitative estimate of drug-likeness (QED) is 0.898. The van der Waals surface area contributed by atoms with Gasteiger partial charge in [-0.05, 0) is 17.7 Å². The van der Waals surface area contributed by atoms with Crippen LogP contribution in [0.1, 0.15) is 11.5 Å². The topological polar surface area (TPSA) is 24.1 Å². The Bertz CT molecular complexity index is 586. The van der Waals surface area contributed by atoms with Gasteiger partial charge in [-0.25, -0.2) is 8.78 Å². The van der Waals surface area contributed by atoms with Crippen LogP contribution in [-0.2, 0) is 0 Å². The van der Waals surface area contributed by atoms with Crippen LogP contribution in [0.5, 0.6) is 0 Å². The second kappa shape index (κ2) is 5.59. The molecule has 0 unspecified atom stereocenters. The summed E-state index contributed by atoms with van der Waals surface area (Å²) in [5, 5.41) is 6.63. The highest BCUT2D eigenvalue weighted by atomic mass is 19.2. The maximum absolute atomic E-state index is 13.2. The molecule has 1 fully saturated rings. The molecule has 1 saturated heterocycles. The van der Waals surface area contributed by atoms with Crippen LogP contribution in [0.4, 0.5) is 14.5 Å². The monoisotopic (exact) mass is 274 g/mol. The highest BCUT2D eigenvalue weighted by molar-refractivity contribution is 5.46. The van der Waals surface area contributed by atoms with Crippen LogP contribution in [0.25, 0.3) is 0 Å². The molecule has 0 amide bonds. The molecule has 2 aromatic carbocycles. The van der Waals surface area contributed by atoms with Crippen LogP contribution < -0.4 is 10.6 Å². The van der Waals surface area contributed by atoms with Crippen molar-refractivity contribution in [2.24, 2.45) is 0 Å². The van der Waals surface area contributed by atoms with Gasteiger partial charge in [0.1, 0.15) is 0 Å². The van der Waals surface area contributed by atoms with E-state index in [4.69, 9.17) is 0 Å². The first-order valence-corrected chi connectivity index (χ1v) is 6.71. The molecule has 20 heavy (non-hydrogen) atoms. The Balaban J connectivity index is 1.77. The highest BCUT2D eigenvalue weighted by Crippen LogP contribution is 2.26. The molecule has 104 valence electrons. The molecule has 1 aliphatic heterocycles. The number of hydrogen-bond acceptors (Lipinski definition) is 2. The molecule has 0 spiro atoms. The second-order valence-corrected chi connectivity index (χ2v) is 5.06. The minimum atomic E-state index is -0.822. The SMILES string of the molecule is Fc1ccc(N[C@@H]2CNC[C@@H]2c2ccccc2)cc1F. The molecule has 0 aliphatic carbocycles. The van der Waals surface area contributed by atoms with Gasteiger partial charge in [0.15, 0.2) is 11.6 Å². The molecule has 0 radical (unpaired) electrons. The number of benzene rings is 2. The van der Waals surface area contributed by atoms with Crippen molar-refractivity contribution in [2.75, 3.05) is 18.4 Å². The van der Waals surface area contributed by atoms with Crippen molar-refractivity contribution in [1.29, 1.82) is 0 Å². The molecule has 0 saturated carbocycles. The third-order valence-corrected chi connectivity index (χ3v) is 3.71. The van der Waals surface area contributed by atoms with Gasteiger partial charge in [0.05, 0.1) is 0 Å². The number of anilines is 1. The van der Waals surface area contributed by atoms with E-state index in [1.54, 1.807) is 6.07 Å². The van der Waals surface area contributed by atoms with Crippen molar-refractivity contribution in [1.82, 2.24) is 5.32 Å². The Morgan fingerprint density at radius 1 is 0.950 bits per heavy atom. The summed E-state index contributed by atoms with van der Waals surface area (Å²) in [7, 11) is 0. The standard InChI is InChI=1S/C16H16F2N2/c17-14-7-6-12(8-15(14)18)20-16-10-19-9-13(16)11-4-2-1-3-5-11/h1-8,13,16,19-20H,9-10H2/t13-,16-/m1/s1. The molecule has 1 heterocycles. The minimum absolute atomic E-state index is 0.169. The van der Waals surface area contributed by atoms with E-state index in [1.807, 2.05) is 18.2 Å². The van der Waals surface area contributed by atoms with Gasteiger partial charge < -0.3 is 10.6 Å². The number of rotatable bonds is 3. The molecular formula is C16H16F2N2. The maximum Gasteiger partial charge on any atom is 0.160 e. The molecule has 1 aliphatic rings. The normalized spacial score (nSPS) is 21.9. The summed E-state index contributed by atoms with van der Waals surface area (Å²) in [6, 6.07) is 14.3. The van der Waals surface area contributed by atoms with E-state index in [2.05, 4.69) is 22.8 Å². The molecule has 4 heteroatoms. The van der Waals surface area contributed by atoms with Gasteiger partial charge in [0, 0.05) is 36.8 Å². The fraction of sp³-hybridized carbons (Fsp3) is 0.250. The van der Waals surface area contributed by atoms with E-state index in [-0.39, 0.29) is 6.04 Å². The van der Waals surface area contributed by atoms with Crippen LogP contribution in [-0.4, -0.2) is 19.1 Å². The Morgan fingerprint density at radius 2 is 1.75 bits per heavy atom. The number of hydrogen-bond donors (Lipinski definition) is 2. The Hall–Kier alpha value is -1.94. The van der Waals surface area contributed by atoms with Gasteiger partial charge in [0.2, 0.25) is 0 Å². The smallest absolute Gasteiger partial charge is 0.160 e. The molecule has 2 atom stereocenters. The molecule has 3 rings (SSSR count). The van der Waals surface area contributed by atoms with E-state index < -0.39 is 11.6 Å². The summed E-state index contributed by atoms with van der Waals surface area (Å²) in [4.78, 5) is 0. The van der Waals surface area contributed by atoms with Crippen LogP contribution in [0, 0.1) is 11.6 Å². The molecular weight excluding hydrogens is 258 g/mol. The first-order valence-electron chi connectivity index (χ1n) is 6.71. The minimum Gasteiger partial charge on any atom is -0.380 e. The van der Waals surface area contributed by atoms with Gasteiger partial charge >= 0.3 is 0 Å². The van der Waals surface area contributed by atoms with Crippen LogP contribution in [0.3, 0.4) is 0 Å². The summed E-state index contributed by atoms with van der Waals surface area (Å²) in [6.45, 7) is 1.68. The Kier molecular flexibility index (Phi) is 3.65. The zero-order valence-electron chi connectivity index (χ0n) is 10.9. The van der Waals surface area contributed by atoms with E-state index in [0.29, 0.717) is 11.6 Å². The maximum atomic E-state index is 13.2. The summed E-state index contributed by atoms with van der Waals surface area (Å²) in [6.07, 6.45) is 0. The Labute approximate surface area is 116 Å². The largest absolute Gasteiger partial charge is 0.380 e. The molecule has 2 nitrogen and oxygen atoms in total. The van der Waals surface area contributed by atoms with Gasteiger partial charge in [0.25, 0.3) is 0 Å². The zero-order valence-corrected chi connectivity index (χ0v) is 10.9. The fourth-order valence-electron chi connectivity index (χ4n) is 2.68. The lowest BCUT2D eigenvalue weighted by atomic mass is 9.94. The van der Waals surface area contributed by atoms with Crippen molar-refractivity contribution in [3.8, 4) is 0 Å². The molecule has 2 aromatic rings. The second-order valence-electron chi connectivity index (χ2n) is 5.06. The predicted octanol–water partition coefficient (Wildman–Crippen LogP) is 3.13. The molecule has 0 aromatic heterocycles. The highest BCUT2D eigenvalue weighted by Gasteiger charge is 2.28. The predicted molar refractivity (Wildman–Crippen MR) is 75.8 cm³/mol. The lowest BCUT2D eigenvalue weighted by Gasteiger charge is -2.21. The lowest BCUT2D eigenvalue weighted by molar-refractivity contribution is 0.508. The van der Waals surface area contributed by atoms with Gasteiger partial charge in [-0.2, -0.15) is 0 Å². The van der Waals surface area contributed by atoms with Crippen molar-refractivity contribution in [2.45, 2.75) is 12.0 Å². The van der Waals surface area contributed by atoms with E-state index >= 15 is 0 Å². The Morgan fingerprint density at radius 3 is 2.50 bits per heavy atom. The average molecular weight is 274 g/mol. The molecule has 0 bridgehead atoms. The van der Waals surface area contributed by atoms with Crippen molar-refractivity contribution in [3.63, 3.8) is 0 Å². The van der Waals surface area contributed by atoms with Gasteiger partial charge in [-0.15, -0.1) is 0 Å².